The first-order chi connectivity index (χ1) is 11.9. The standard InChI is InChI=1S/C19H22N2O3S/c1-4-13-24-19-8-6-5-7-17(19)15-20-14-16-9-11-18(12-10-16)25(22,23)21(2)3/h1,5-12,20H,13-15H2,2-3H3. The van der Waals surface area contributed by atoms with E-state index in [-0.39, 0.29) is 11.5 Å². The van der Waals surface area contributed by atoms with Crippen LogP contribution in [-0.4, -0.2) is 33.4 Å². The van der Waals surface area contributed by atoms with Gasteiger partial charge >= 0.3 is 0 Å². The van der Waals surface area contributed by atoms with Crippen molar-refractivity contribution in [3.63, 3.8) is 0 Å². The molecule has 132 valence electrons. The summed E-state index contributed by atoms with van der Waals surface area (Å²) in [6, 6.07) is 14.6. The van der Waals surface area contributed by atoms with Crippen LogP contribution in [-0.2, 0) is 23.1 Å². The lowest BCUT2D eigenvalue weighted by atomic mass is 10.2. The van der Waals surface area contributed by atoms with E-state index in [0.29, 0.717) is 13.1 Å². The zero-order valence-corrected chi connectivity index (χ0v) is 15.2. The highest BCUT2D eigenvalue weighted by molar-refractivity contribution is 7.89. The molecule has 0 amide bonds. The Morgan fingerprint density at radius 3 is 2.40 bits per heavy atom. The lowest BCUT2D eigenvalue weighted by Gasteiger charge is -2.12. The number of rotatable bonds is 8. The van der Waals surface area contributed by atoms with Crippen molar-refractivity contribution >= 4 is 10.0 Å². The van der Waals surface area contributed by atoms with Crippen LogP contribution in [0.3, 0.4) is 0 Å². The Hall–Kier alpha value is -2.33. The van der Waals surface area contributed by atoms with Crippen LogP contribution in [0.5, 0.6) is 5.75 Å². The van der Waals surface area contributed by atoms with E-state index in [1.54, 1.807) is 12.1 Å². The lowest BCUT2D eigenvalue weighted by Crippen LogP contribution is -2.22. The summed E-state index contributed by atoms with van der Waals surface area (Å²) in [5.41, 5.74) is 2.02. The average molecular weight is 358 g/mol. The van der Waals surface area contributed by atoms with Crippen LogP contribution in [0.1, 0.15) is 11.1 Å². The maximum atomic E-state index is 12.0. The summed E-state index contributed by atoms with van der Waals surface area (Å²) < 4.78 is 30.8. The number of terminal acetylenes is 1. The van der Waals surface area contributed by atoms with Gasteiger partial charge in [-0.2, -0.15) is 0 Å². The molecule has 0 aliphatic heterocycles. The zero-order valence-electron chi connectivity index (χ0n) is 14.4. The second-order valence-electron chi connectivity index (χ2n) is 5.64. The third-order valence-corrected chi connectivity index (χ3v) is 5.46. The molecule has 0 saturated heterocycles. The first kappa shape index (κ1) is 19.0. The maximum Gasteiger partial charge on any atom is 0.242 e. The number of sulfonamides is 1. The molecule has 0 bridgehead atoms. The zero-order chi connectivity index (χ0) is 18.3. The number of para-hydroxylation sites is 1. The van der Waals surface area contributed by atoms with Crippen LogP contribution < -0.4 is 10.1 Å². The van der Waals surface area contributed by atoms with Crippen LogP contribution >= 0.6 is 0 Å². The van der Waals surface area contributed by atoms with E-state index < -0.39 is 10.0 Å². The van der Waals surface area contributed by atoms with Crippen LogP contribution in [0.2, 0.25) is 0 Å². The molecule has 25 heavy (non-hydrogen) atoms. The number of nitrogens with zero attached hydrogens (tertiary/aromatic N) is 1. The molecule has 6 heteroatoms. The van der Waals surface area contributed by atoms with Crippen molar-refractivity contribution in [1.29, 1.82) is 0 Å². The van der Waals surface area contributed by atoms with E-state index in [1.807, 2.05) is 36.4 Å². The number of ether oxygens (including phenoxy) is 1. The van der Waals surface area contributed by atoms with Crippen molar-refractivity contribution in [2.24, 2.45) is 0 Å². The molecule has 0 unspecified atom stereocenters. The fourth-order valence-corrected chi connectivity index (χ4v) is 3.14. The molecular weight excluding hydrogens is 336 g/mol. The fourth-order valence-electron chi connectivity index (χ4n) is 2.24. The molecule has 0 aromatic heterocycles. The van der Waals surface area contributed by atoms with Crippen molar-refractivity contribution in [2.75, 3.05) is 20.7 Å². The highest BCUT2D eigenvalue weighted by atomic mass is 32.2. The van der Waals surface area contributed by atoms with E-state index in [4.69, 9.17) is 11.2 Å². The molecule has 0 fully saturated rings. The van der Waals surface area contributed by atoms with Crippen LogP contribution in [0.15, 0.2) is 53.4 Å². The summed E-state index contributed by atoms with van der Waals surface area (Å²) in [7, 11) is -0.355. The number of hydrogen-bond donors (Lipinski definition) is 1. The topological polar surface area (TPSA) is 58.6 Å². The Balaban J connectivity index is 1.96. The first-order valence-corrected chi connectivity index (χ1v) is 9.25. The molecule has 0 atom stereocenters. The van der Waals surface area contributed by atoms with Gasteiger partial charge in [-0.05, 0) is 23.8 Å². The van der Waals surface area contributed by atoms with E-state index in [0.717, 1.165) is 16.9 Å². The predicted molar refractivity (Wildman–Crippen MR) is 98.6 cm³/mol. The molecule has 2 rings (SSSR count). The molecule has 2 aromatic carbocycles. The molecule has 0 aliphatic carbocycles. The Labute approximate surface area is 149 Å². The molecular formula is C19H22N2O3S. The average Bonchev–Trinajstić information content (AvgIpc) is 2.61. The highest BCUT2D eigenvalue weighted by Crippen LogP contribution is 2.18. The molecule has 1 N–H and O–H groups in total. The van der Waals surface area contributed by atoms with Crippen LogP contribution in [0, 0.1) is 12.3 Å². The van der Waals surface area contributed by atoms with Crippen molar-refractivity contribution in [1.82, 2.24) is 9.62 Å². The predicted octanol–water partition coefficient (Wildman–Crippen LogP) is 2.24. The number of benzene rings is 2. The van der Waals surface area contributed by atoms with Gasteiger partial charge in [-0.15, -0.1) is 6.42 Å². The normalized spacial score (nSPS) is 11.3. The van der Waals surface area contributed by atoms with Gasteiger partial charge in [0.2, 0.25) is 10.0 Å². The first-order valence-electron chi connectivity index (χ1n) is 7.81. The summed E-state index contributed by atoms with van der Waals surface area (Å²) in [5.74, 6) is 3.22. The van der Waals surface area contributed by atoms with Crippen molar-refractivity contribution in [3.05, 3.63) is 59.7 Å². The summed E-state index contributed by atoms with van der Waals surface area (Å²) >= 11 is 0. The Morgan fingerprint density at radius 2 is 1.76 bits per heavy atom. The molecule has 5 nitrogen and oxygen atoms in total. The van der Waals surface area contributed by atoms with Crippen molar-refractivity contribution in [2.45, 2.75) is 18.0 Å². The van der Waals surface area contributed by atoms with Gasteiger partial charge in [-0.1, -0.05) is 36.3 Å². The minimum atomic E-state index is -3.39. The van der Waals surface area contributed by atoms with Crippen molar-refractivity contribution < 1.29 is 13.2 Å². The largest absolute Gasteiger partial charge is 0.481 e. The van der Waals surface area contributed by atoms with E-state index in [1.165, 1.54) is 18.4 Å². The summed E-state index contributed by atoms with van der Waals surface area (Å²) in [5, 5.41) is 3.32. The maximum absolute atomic E-state index is 12.0. The molecule has 0 spiro atoms. The van der Waals surface area contributed by atoms with Crippen LogP contribution in [0.4, 0.5) is 0 Å². The lowest BCUT2D eigenvalue weighted by molar-refractivity contribution is 0.365. The minimum Gasteiger partial charge on any atom is -0.481 e. The van der Waals surface area contributed by atoms with Gasteiger partial charge in [-0.3, -0.25) is 0 Å². The minimum absolute atomic E-state index is 0.235. The Bertz CT molecular complexity index is 838. The molecule has 2 aromatic rings. The monoisotopic (exact) mass is 358 g/mol. The van der Waals surface area contributed by atoms with Gasteiger partial charge in [0.1, 0.15) is 12.4 Å². The molecule has 0 radical (unpaired) electrons. The van der Waals surface area contributed by atoms with E-state index in [2.05, 4.69) is 11.2 Å². The van der Waals surface area contributed by atoms with Crippen LogP contribution in [0.25, 0.3) is 0 Å². The van der Waals surface area contributed by atoms with Crippen molar-refractivity contribution in [3.8, 4) is 18.1 Å². The second kappa shape index (κ2) is 8.67. The van der Waals surface area contributed by atoms with Gasteiger partial charge in [-0.25, -0.2) is 12.7 Å². The second-order valence-corrected chi connectivity index (χ2v) is 7.79. The summed E-state index contributed by atoms with van der Waals surface area (Å²) in [6.07, 6.45) is 5.23. The summed E-state index contributed by atoms with van der Waals surface area (Å²) in [4.78, 5) is 0.286. The quantitative estimate of drug-likeness (QED) is 0.735. The Kier molecular flexibility index (Phi) is 6.59. The number of nitrogens with one attached hydrogen (secondary N) is 1. The third kappa shape index (κ3) is 5.07. The van der Waals surface area contributed by atoms with Gasteiger partial charge < -0.3 is 10.1 Å². The molecule has 0 heterocycles. The smallest absolute Gasteiger partial charge is 0.242 e. The van der Waals surface area contributed by atoms with Gasteiger partial charge in [0.15, 0.2) is 0 Å². The fraction of sp³-hybridized carbons (Fsp3) is 0.263. The van der Waals surface area contributed by atoms with E-state index >= 15 is 0 Å². The summed E-state index contributed by atoms with van der Waals surface area (Å²) in [6.45, 7) is 1.48. The number of hydrogen-bond acceptors (Lipinski definition) is 4. The molecule has 0 aliphatic rings. The van der Waals surface area contributed by atoms with Gasteiger partial charge in [0.05, 0.1) is 4.90 Å². The van der Waals surface area contributed by atoms with E-state index in [9.17, 15) is 8.42 Å². The van der Waals surface area contributed by atoms with Gasteiger partial charge in [0, 0.05) is 32.7 Å². The Morgan fingerprint density at radius 1 is 1.08 bits per heavy atom. The van der Waals surface area contributed by atoms with Gasteiger partial charge in [0.25, 0.3) is 0 Å². The SMILES string of the molecule is C#CCOc1ccccc1CNCc1ccc(S(=O)(=O)N(C)C)cc1. The molecule has 0 saturated carbocycles. The highest BCUT2D eigenvalue weighted by Gasteiger charge is 2.16. The third-order valence-electron chi connectivity index (χ3n) is 3.63.